The molecule has 3 aromatic carbocycles. The maximum Gasteiger partial charge on any atom is 0.244 e. The van der Waals surface area contributed by atoms with Crippen molar-refractivity contribution in [2.45, 2.75) is 45.3 Å². The smallest absolute Gasteiger partial charge is 0.244 e. The standard InChI is InChI=1S/C29H33Cl2N3O4S/c1-29(2,3)32-28(36)26(17-21-11-7-5-8-12-21)33(19-22-13-9-6-10-14-22)27(35)20-34(39(4,37)38)25-18-23(30)15-16-24(25)31/h5-16,18,26H,17,19-20H2,1-4H3,(H,32,36)/t26-/m1/s1. The van der Waals surface area contributed by atoms with Crippen molar-refractivity contribution in [3.63, 3.8) is 0 Å². The molecule has 0 aliphatic carbocycles. The molecule has 3 aromatic rings. The molecule has 0 unspecified atom stereocenters. The van der Waals surface area contributed by atoms with E-state index < -0.39 is 34.1 Å². The van der Waals surface area contributed by atoms with Gasteiger partial charge in [0.05, 0.1) is 17.0 Å². The fraction of sp³-hybridized carbons (Fsp3) is 0.310. The minimum atomic E-state index is -3.95. The van der Waals surface area contributed by atoms with Gasteiger partial charge < -0.3 is 10.2 Å². The highest BCUT2D eigenvalue weighted by Crippen LogP contribution is 2.31. The monoisotopic (exact) mass is 589 g/mol. The van der Waals surface area contributed by atoms with E-state index in [1.165, 1.54) is 23.1 Å². The first kappa shape index (κ1) is 30.5. The zero-order valence-corrected chi connectivity index (χ0v) is 24.7. The summed E-state index contributed by atoms with van der Waals surface area (Å²) < 4.78 is 26.7. The van der Waals surface area contributed by atoms with Gasteiger partial charge in [-0.25, -0.2) is 8.42 Å². The quantitative estimate of drug-likeness (QED) is 0.347. The molecule has 7 nitrogen and oxygen atoms in total. The number of carbonyl (C=O) groups is 2. The largest absolute Gasteiger partial charge is 0.350 e. The number of hydrogen-bond donors (Lipinski definition) is 1. The summed E-state index contributed by atoms with van der Waals surface area (Å²) in [5.41, 5.74) is 1.17. The van der Waals surface area contributed by atoms with Crippen molar-refractivity contribution < 1.29 is 18.0 Å². The molecule has 39 heavy (non-hydrogen) atoms. The topological polar surface area (TPSA) is 86.8 Å². The van der Waals surface area contributed by atoms with Crippen molar-refractivity contribution >= 4 is 50.7 Å². The van der Waals surface area contributed by atoms with Gasteiger partial charge in [0.1, 0.15) is 12.6 Å². The summed E-state index contributed by atoms with van der Waals surface area (Å²) in [7, 11) is -3.95. The van der Waals surface area contributed by atoms with Crippen LogP contribution in [0.4, 0.5) is 5.69 Å². The van der Waals surface area contributed by atoms with Crippen molar-refractivity contribution in [2.24, 2.45) is 0 Å². The lowest BCUT2D eigenvalue weighted by Gasteiger charge is -2.35. The second-order valence-corrected chi connectivity index (χ2v) is 13.1. The van der Waals surface area contributed by atoms with E-state index in [9.17, 15) is 18.0 Å². The average molecular weight is 591 g/mol. The predicted molar refractivity (Wildman–Crippen MR) is 157 cm³/mol. The van der Waals surface area contributed by atoms with E-state index in [2.05, 4.69) is 5.32 Å². The maximum atomic E-state index is 14.0. The van der Waals surface area contributed by atoms with Crippen LogP contribution in [0.5, 0.6) is 0 Å². The molecule has 0 fully saturated rings. The highest BCUT2D eigenvalue weighted by Gasteiger charge is 2.34. The summed E-state index contributed by atoms with van der Waals surface area (Å²) in [6.45, 7) is 5.11. The van der Waals surface area contributed by atoms with Crippen molar-refractivity contribution in [3.8, 4) is 0 Å². The van der Waals surface area contributed by atoms with Crippen LogP contribution in [0.3, 0.4) is 0 Å². The number of rotatable bonds is 10. The van der Waals surface area contributed by atoms with Crippen molar-refractivity contribution in [3.05, 3.63) is 100 Å². The van der Waals surface area contributed by atoms with Gasteiger partial charge in [-0.05, 0) is 50.1 Å². The molecule has 0 radical (unpaired) electrons. The maximum absolute atomic E-state index is 14.0. The van der Waals surface area contributed by atoms with Crippen LogP contribution < -0.4 is 9.62 Å². The van der Waals surface area contributed by atoms with E-state index in [1.807, 2.05) is 81.4 Å². The Morgan fingerprint density at radius 3 is 2.00 bits per heavy atom. The summed E-state index contributed by atoms with van der Waals surface area (Å²) in [4.78, 5) is 29.1. The number of anilines is 1. The molecule has 0 saturated carbocycles. The average Bonchev–Trinajstić information content (AvgIpc) is 2.85. The molecule has 0 aliphatic rings. The molecule has 208 valence electrons. The lowest BCUT2D eigenvalue weighted by atomic mass is 10.0. The van der Waals surface area contributed by atoms with E-state index in [4.69, 9.17) is 23.2 Å². The summed E-state index contributed by atoms with van der Waals surface area (Å²) in [6.07, 6.45) is 1.23. The van der Waals surface area contributed by atoms with Gasteiger partial charge in [-0.1, -0.05) is 83.9 Å². The lowest BCUT2D eigenvalue weighted by Crippen LogP contribution is -2.56. The van der Waals surface area contributed by atoms with Crippen molar-refractivity contribution in [1.29, 1.82) is 0 Å². The molecule has 0 spiro atoms. The van der Waals surface area contributed by atoms with Gasteiger partial charge in [-0.15, -0.1) is 0 Å². The second kappa shape index (κ2) is 12.9. The van der Waals surface area contributed by atoms with Crippen LogP contribution in [-0.4, -0.2) is 49.5 Å². The SMILES string of the molecule is CC(C)(C)NC(=O)[C@@H](Cc1ccccc1)N(Cc1ccccc1)C(=O)CN(c1cc(Cl)ccc1Cl)S(C)(=O)=O. The molecule has 2 amide bonds. The lowest BCUT2D eigenvalue weighted by molar-refractivity contribution is -0.140. The molecule has 0 bridgehead atoms. The Bertz CT molecular complexity index is 1400. The van der Waals surface area contributed by atoms with Crippen LogP contribution in [0.15, 0.2) is 78.9 Å². The molecule has 0 heterocycles. The highest BCUT2D eigenvalue weighted by molar-refractivity contribution is 7.92. The van der Waals surface area contributed by atoms with Crippen LogP contribution in [0.2, 0.25) is 10.0 Å². The Morgan fingerprint density at radius 2 is 1.46 bits per heavy atom. The van der Waals surface area contributed by atoms with E-state index in [0.717, 1.165) is 21.7 Å². The number of benzene rings is 3. The van der Waals surface area contributed by atoms with Crippen molar-refractivity contribution in [1.82, 2.24) is 10.2 Å². The molecule has 0 aromatic heterocycles. The highest BCUT2D eigenvalue weighted by atomic mass is 35.5. The third-order valence-corrected chi connectivity index (χ3v) is 7.50. The number of sulfonamides is 1. The zero-order chi connectivity index (χ0) is 28.8. The fourth-order valence-corrected chi connectivity index (χ4v) is 5.35. The van der Waals surface area contributed by atoms with Gasteiger partial charge >= 0.3 is 0 Å². The first-order chi connectivity index (χ1) is 18.2. The minimum absolute atomic E-state index is 0.0819. The van der Waals surface area contributed by atoms with Gasteiger partial charge in [0, 0.05) is 23.5 Å². The molecule has 3 rings (SSSR count). The Balaban J connectivity index is 2.08. The third-order valence-electron chi connectivity index (χ3n) is 5.82. The molecular weight excluding hydrogens is 557 g/mol. The Labute approximate surface area is 240 Å². The van der Waals surface area contributed by atoms with E-state index in [0.29, 0.717) is 0 Å². The number of amides is 2. The second-order valence-electron chi connectivity index (χ2n) is 10.3. The van der Waals surface area contributed by atoms with Crippen LogP contribution in [0.1, 0.15) is 31.9 Å². The molecule has 10 heteroatoms. The number of nitrogens with zero attached hydrogens (tertiary/aromatic N) is 2. The summed E-state index contributed by atoms with van der Waals surface area (Å²) in [6, 6.07) is 22.1. The predicted octanol–water partition coefficient (Wildman–Crippen LogP) is 5.31. The van der Waals surface area contributed by atoms with Gasteiger partial charge in [0.15, 0.2) is 0 Å². The van der Waals surface area contributed by atoms with Gasteiger partial charge in [0.25, 0.3) is 0 Å². The van der Waals surface area contributed by atoms with Crippen molar-refractivity contribution in [2.75, 3.05) is 17.1 Å². The number of nitrogens with one attached hydrogen (secondary N) is 1. The van der Waals surface area contributed by atoms with E-state index in [-0.39, 0.29) is 34.6 Å². The van der Waals surface area contributed by atoms with Crippen LogP contribution in [0, 0.1) is 0 Å². The molecule has 0 saturated heterocycles. The fourth-order valence-electron chi connectivity index (χ4n) is 4.06. The Morgan fingerprint density at radius 1 is 0.897 bits per heavy atom. The summed E-state index contributed by atoms with van der Waals surface area (Å²) in [5, 5.41) is 3.38. The minimum Gasteiger partial charge on any atom is -0.350 e. The Hall–Kier alpha value is -3.07. The van der Waals surface area contributed by atoms with Gasteiger partial charge in [-0.2, -0.15) is 0 Å². The van der Waals surface area contributed by atoms with Gasteiger partial charge in [0.2, 0.25) is 21.8 Å². The zero-order valence-electron chi connectivity index (χ0n) is 22.4. The summed E-state index contributed by atoms with van der Waals surface area (Å²) >= 11 is 12.5. The molecule has 1 N–H and O–H groups in total. The molecule has 1 atom stereocenters. The third kappa shape index (κ3) is 8.98. The number of halogens is 2. The van der Waals surface area contributed by atoms with E-state index in [1.54, 1.807) is 0 Å². The van der Waals surface area contributed by atoms with Crippen LogP contribution in [0.25, 0.3) is 0 Å². The van der Waals surface area contributed by atoms with E-state index >= 15 is 0 Å². The number of carbonyl (C=O) groups excluding carboxylic acids is 2. The van der Waals surface area contributed by atoms with Gasteiger partial charge in [-0.3, -0.25) is 13.9 Å². The van der Waals surface area contributed by atoms with Crippen LogP contribution >= 0.6 is 23.2 Å². The molecule has 0 aliphatic heterocycles. The number of hydrogen-bond acceptors (Lipinski definition) is 4. The normalized spacial score (nSPS) is 12.5. The summed E-state index contributed by atoms with van der Waals surface area (Å²) in [5.74, 6) is -0.910. The first-order valence-electron chi connectivity index (χ1n) is 12.4. The van der Waals surface area contributed by atoms with Crippen LogP contribution in [-0.2, 0) is 32.6 Å². The first-order valence-corrected chi connectivity index (χ1v) is 15.0. The Kier molecular flexibility index (Phi) is 10.0. The molecular formula is C29H33Cl2N3O4S.